The van der Waals surface area contributed by atoms with Gasteiger partial charge in [0.25, 0.3) is 0 Å². The van der Waals surface area contributed by atoms with Crippen molar-refractivity contribution < 1.29 is 24.2 Å². The SMILES string of the molecule is COCCN(CCOC)C(=O)N(C)CC(=O)O. The van der Waals surface area contributed by atoms with Crippen LogP contribution in [0, 0.1) is 0 Å². The lowest BCUT2D eigenvalue weighted by molar-refractivity contribution is -0.137. The molecule has 0 radical (unpaired) electrons. The van der Waals surface area contributed by atoms with Crippen molar-refractivity contribution in [1.29, 1.82) is 0 Å². The van der Waals surface area contributed by atoms with Gasteiger partial charge in [0.15, 0.2) is 0 Å². The van der Waals surface area contributed by atoms with E-state index in [1.165, 1.54) is 11.9 Å². The van der Waals surface area contributed by atoms with Gasteiger partial charge < -0.3 is 24.4 Å². The molecule has 0 spiro atoms. The summed E-state index contributed by atoms with van der Waals surface area (Å²) in [6.45, 7) is 1.29. The van der Waals surface area contributed by atoms with Gasteiger partial charge in [0, 0.05) is 34.4 Å². The van der Waals surface area contributed by atoms with Gasteiger partial charge in [-0.15, -0.1) is 0 Å². The molecule has 0 aliphatic carbocycles. The van der Waals surface area contributed by atoms with Crippen LogP contribution in [0.5, 0.6) is 0 Å². The zero-order valence-corrected chi connectivity index (χ0v) is 10.5. The van der Waals surface area contributed by atoms with E-state index in [1.54, 1.807) is 14.2 Å². The first-order valence-corrected chi connectivity index (χ1v) is 5.22. The predicted molar refractivity (Wildman–Crippen MR) is 61.0 cm³/mol. The van der Waals surface area contributed by atoms with Crippen LogP contribution < -0.4 is 0 Å². The highest BCUT2D eigenvalue weighted by Crippen LogP contribution is 1.97. The van der Waals surface area contributed by atoms with E-state index in [0.717, 1.165) is 4.90 Å². The van der Waals surface area contributed by atoms with Crippen molar-refractivity contribution in [1.82, 2.24) is 9.80 Å². The fourth-order valence-electron chi connectivity index (χ4n) is 1.22. The number of aliphatic carboxylic acids is 1. The molecule has 0 aromatic carbocycles. The maximum absolute atomic E-state index is 11.9. The molecule has 0 bridgehead atoms. The van der Waals surface area contributed by atoms with Crippen molar-refractivity contribution in [2.75, 3.05) is 54.1 Å². The van der Waals surface area contributed by atoms with Crippen LogP contribution in [0.25, 0.3) is 0 Å². The molecule has 0 heterocycles. The summed E-state index contributed by atoms with van der Waals surface area (Å²) in [5.74, 6) is -1.04. The summed E-state index contributed by atoms with van der Waals surface area (Å²) >= 11 is 0. The smallest absolute Gasteiger partial charge is 0.323 e. The van der Waals surface area contributed by atoms with Gasteiger partial charge in [-0.2, -0.15) is 0 Å². The van der Waals surface area contributed by atoms with Crippen molar-refractivity contribution in [2.45, 2.75) is 0 Å². The van der Waals surface area contributed by atoms with E-state index in [4.69, 9.17) is 14.6 Å². The average Bonchev–Trinajstić information content (AvgIpc) is 2.27. The Balaban J connectivity index is 4.32. The average molecular weight is 248 g/mol. The number of urea groups is 1. The lowest BCUT2D eigenvalue weighted by atomic mass is 10.4. The second-order valence-electron chi connectivity index (χ2n) is 3.51. The van der Waals surface area contributed by atoms with E-state index in [-0.39, 0.29) is 12.6 Å². The third-order valence-electron chi connectivity index (χ3n) is 2.10. The zero-order chi connectivity index (χ0) is 13.3. The highest BCUT2D eigenvalue weighted by Gasteiger charge is 2.19. The predicted octanol–water partition coefficient (Wildman–Crippen LogP) is -0.282. The van der Waals surface area contributed by atoms with Crippen molar-refractivity contribution in [2.24, 2.45) is 0 Å². The maximum Gasteiger partial charge on any atom is 0.323 e. The molecule has 0 rings (SSSR count). The van der Waals surface area contributed by atoms with Crippen molar-refractivity contribution in [3.63, 3.8) is 0 Å². The highest BCUT2D eigenvalue weighted by atomic mass is 16.5. The first-order valence-electron chi connectivity index (χ1n) is 5.22. The Bertz CT molecular complexity index is 239. The van der Waals surface area contributed by atoms with Gasteiger partial charge in [-0.05, 0) is 0 Å². The number of ether oxygens (including phenoxy) is 2. The highest BCUT2D eigenvalue weighted by molar-refractivity contribution is 5.79. The summed E-state index contributed by atoms with van der Waals surface area (Å²) in [6.07, 6.45) is 0. The topological polar surface area (TPSA) is 79.3 Å². The molecule has 7 heteroatoms. The number of hydrogen-bond donors (Lipinski definition) is 1. The largest absolute Gasteiger partial charge is 0.480 e. The molecule has 0 aliphatic rings. The minimum Gasteiger partial charge on any atom is -0.480 e. The number of carbonyl (C=O) groups is 2. The van der Waals surface area contributed by atoms with Crippen LogP contribution in [0.4, 0.5) is 4.79 Å². The molecule has 0 fully saturated rings. The molecule has 100 valence electrons. The van der Waals surface area contributed by atoms with Crippen LogP contribution in [0.1, 0.15) is 0 Å². The Hall–Kier alpha value is -1.34. The molecule has 0 atom stereocenters. The van der Waals surface area contributed by atoms with E-state index < -0.39 is 5.97 Å². The van der Waals surface area contributed by atoms with Crippen LogP contribution >= 0.6 is 0 Å². The fourth-order valence-corrected chi connectivity index (χ4v) is 1.22. The fraction of sp³-hybridized carbons (Fsp3) is 0.800. The number of methoxy groups -OCH3 is 2. The van der Waals surface area contributed by atoms with E-state index >= 15 is 0 Å². The molecule has 0 saturated heterocycles. The molecule has 0 aromatic heterocycles. The number of hydrogen-bond acceptors (Lipinski definition) is 4. The lowest BCUT2D eigenvalue weighted by Crippen LogP contribution is -2.45. The van der Waals surface area contributed by atoms with Crippen LogP contribution in [-0.2, 0) is 14.3 Å². The zero-order valence-electron chi connectivity index (χ0n) is 10.5. The van der Waals surface area contributed by atoms with E-state index in [2.05, 4.69) is 0 Å². The molecule has 1 N–H and O–H groups in total. The van der Waals surface area contributed by atoms with E-state index in [9.17, 15) is 9.59 Å². The third kappa shape index (κ3) is 6.75. The van der Waals surface area contributed by atoms with Crippen LogP contribution in [0.15, 0.2) is 0 Å². The Kier molecular flexibility index (Phi) is 8.08. The molecular formula is C10H20N2O5. The molecular weight excluding hydrogens is 228 g/mol. The lowest BCUT2D eigenvalue weighted by Gasteiger charge is -2.26. The van der Waals surface area contributed by atoms with Gasteiger partial charge >= 0.3 is 12.0 Å². The van der Waals surface area contributed by atoms with Gasteiger partial charge in [0.05, 0.1) is 13.2 Å². The molecule has 0 aliphatic heterocycles. The van der Waals surface area contributed by atoms with Gasteiger partial charge in [-0.25, -0.2) is 4.79 Å². The third-order valence-corrected chi connectivity index (χ3v) is 2.10. The Morgan fingerprint density at radius 2 is 1.59 bits per heavy atom. The molecule has 17 heavy (non-hydrogen) atoms. The number of carboxylic acids is 1. The Morgan fingerprint density at radius 1 is 1.12 bits per heavy atom. The quantitative estimate of drug-likeness (QED) is 0.639. The standard InChI is InChI=1S/C10H20N2O5/c1-11(8-9(13)14)10(15)12(4-6-16-2)5-7-17-3/h4-8H2,1-3H3,(H,13,14). The number of likely N-dealkylation sites (N-methyl/N-ethyl adjacent to an activating group) is 1. The van der Waals surface area contributed by atoms with Crippen LogP contribution in [0.3, 0.4) is 0 Å². The first kappa shape index (κ1) is 15.7. The minimum absolute atomic E-state index is 0.324. The van der Waals surface area contributed by atoms with Gasteiger partial charge in [0.1, 0.15) is 6.54 Å². The molecule has 0 aromatic rings. The Labute approximate surface area is 101 Å². The van der Waals surface area contributed by atoms with Gasteiger partial charge in [-0.3, -0.25) is 4.79 Å². The summed E-state index contributed by atoms with van der Waals surface area (Å²) in [4.78, 5) is 25.0. The minimum atomic E-state index is -1.04. The van der Waals surface area contributed by atoms with Crippen LogP contribution in [0.2, 0.25) is 0 Å². The van der Waals surface area contributed by atoms with E-state index in [1.807, 2.05) is 0 Å². The first-order chi connectivity index (χ1) is 8.02. The number of amides is 2. The number of rotatable bonds is 8. The molecule has 2 amide bonds. The maximum atomic E-state index is 11.9. The number of nitrogens with zero attached hydrogens (tertiary/aromatic N) is 2. The molecule has 0 unspecified atom stereocenters. The second-order valence-corrected chi connectivity index (χ2v) is 3.51. The van der Waals surface area contributed by atoms with Gasteiger partial charge in [-0.1, -0.05) is 0 Å². The molecule has 7 nitrogen and oxygen atoms in total. The summed E-state index contributed by atoms with van der Waals surface area (Å²) in [6, 6.07) is -0.346. The monoisotopic (exact) mass is 248 g/mol. The summed E-state index contributed by atoms with van der Waals surface area (Å²) < 4.78 is 9.79. The second kappa shape index (κ2) is 8.77. The van der Waals surface area contributed by atoms with Crippen LogP contribution in [-0.4, -0.2) is 81.0 Å². The number of carbonyl (C=O) groups excluding carboxylic acids is 1. The van der Waals surface area contributed by atoms with Gasteiger partial charge in [0.2, 0.25) is 0 Å². The normalized spacial score (nSPS) is 10.1. The summed E-state index contributed by atoms with van der Waals surface area (Å²) in [5, 5.41) is 8.60. The molecule has 0 saturated carbocycles. The Morgan fingerprint density at radius 3 is 1.94 bits per heavy atom. The van der Waals surface area contributed by atoms with Crippen molar-refractivity contribution >= 4 is 12.0 Å². The summed E-state index contributed by atoms with van der Waals surface area (Å²) in [5.41, 5.74) is 0. The van der Waals surface area contributed by atoms with E-state index in [0.29, 0.717) is 26.3 Å². The summed E-state index contributed by atoms with van der Waals surface area (Å²) in [7, 11) is 4.53. The number of carboxylic acid groups (broad SMARTS) is 1. The van der Waals surface area contributed by atoms with Crippen molar-refractivity contribution in [3.05, 3.63) is 0 Å². The van der Waals surface area contributed by atoms with Crippen molar-refractivity contribution in [3.8, 4) is 0 Å².